The lowest BCUT2D eigenvalue weighted by Crippen LogP contribution is -2.49. The first-order valence-corrected chi connectivity index (χ1v) is 6.71. The second-order valence-corrected chi connectivity index (χ2v) is 4.92. The van der Waals surface area contributed by atoms with Crippen molar-refractivity contribution in [1.29, 1.82) is 5.26 Å². The fourth-order valence-electron chi connectivity index (χ4n) is 2.62. The maximum atomic E-state index is 13.6. The van der Waals surface area contributed by atoms with Crippen LogP contribution in [0.2, 0.25) is 0 Å². The molecule has 0 aliphatic carbocycles. The first-order chi connectivity index (χ1) is 10.4. The van der Waals surface area contributed by atoms with Crippen molar-refractivity contribution in [1.82, 2.24) is 10.2 Å². The fraction of sp³-hybridized carbons (Fsp3) is 0.500. The van der Waals surface area contributed by atoms with Crippen LogP contribution in [0.15, 0.2) is 12.1 Å². The van der Waals surface area contributed by atoms with Gasteiger partial charge in [-0.15, -0.1) is 0 Å². The van der Waals surface area contributed by atoms with Gasteiger partial charge in [0.2, 0.25) is 0 Å². The van der Waals surface area contributed by atoms with Crippen molar-refractivity contribution in [2.45, 2.75) is 12.2 Å². The minimum Gasteiger partial charge on any atom is -0.504 e. The lowest BCUT2D eigenvalue weighted by molar-refractivity contribution is -0.188. The number of hydrogen-bond acceptors (Lipinski definition) is 5. The number of nitrogens with zero attached hydrogens (tertiary/aromatic N) is 2. The summed E-state index contributed by atoms with van der Waals surface area (Å²) in [6.45, 7) is 1.18. The van der Waals surface area contributed by atoms with E-state index in [0.29, 0.717) is 13.1 Å². The SMILES string of the molecule is COc1ccc(C#N)c([C@@H](N2CCNCC2)C(F)(F)F)c1O. The molecular formula is C14H16F3N3O2. The Morgan fingerprint density at radius 2 is 2.00 bits per heavy atom. The molecule has 0 amide bonds. The van der Waals surface area contributed by atoms with Gasteiger partial charge in [-0.2, -0.15) is 18.4 Å². The third-order valence-electron chi connectivity index (χ3n) is 3.62. The monoisotopic (exact) mass is 315 g/mol. The number of ether oxygens (including phenoxy) is 1. The number of nitriles is 1. The number of hydrogen-bond donors (Lipinski definition) is 2. The van der Waals surface area contributed by atoms with Crippen LogP contribution in [0, 0.1) is 11.3 Å². The molecule has 0 spiro atoms. The van der Waals surface area contributed by atoms with Gasteiger partial charge < -0.3 is 15.2 Å². The average Bonchev–Trinajstić information content (AvgIpc) is 2.49. The minimum absolute atomic E-state index is 0.0848. The molecule has 0 aromatic heterocycles. The largest absolute Gasteiger partial charge is 0.504 e. The summed E-state index contributed by atoms with van der Waals surface area (Å²) in [7, 11) is 1.25. The molecule has 0 bridgehead atoms. The molecule has 0 radical (unpaired) electrons. The van der Waals surface area contributed by atoms with Gasteiger partial charge in [0.1, 0.15) is 6.04 Å². The van der Waals surface area contributed by atoms with Crippen molar-refractivity contribution in [3.05, 3.63) is 23.3 Å². The van der Waals surface area contributed by atoms with E-state index in [0.717, 1.165) is 0 Å². The number of piperazine rings is 1. The first-order valence-electron chi connectivity index (χ1n) is 6.71. The number of phenolic OH excluding ortho intramolecular Hbond substituents is 1. The third kappa shape index (κ3) is 3.10. The van der Waals surface area contributed by atoms with Gasteiger partial charge in [-0.1, -0.05) is 0 Å². The van der Waals surface area contributed by atoms with Gasteiger partial charge in [-0.3, -0.25) is 4.90 Å². The second kappa shape index (κ2) is 6.42. The van der Waals surface area contributed by atoms with E-state index >= 15 is 0 Å². The van der Waals surface area contributed by atoms with Crippen LogP contribution < -0.4 is 10.1 Å². The van der Waals surface area contributed by atoms with Gasteiger partial charge in [-0.25, -0.2) is 0 Å². The van der Waals surface area contributed by atoms with E-state index in [1.54, 1.807) is 6.07 Å². The van der Waals surface area contributed by atoms with Crippen molar-refractivity contribution < 1.29 is 23.0 Å². The summed E-state index contributed by atoms with van der Waals surface area (Å²) in [5.74, 6) is -0.721. The molecular weight excluding hydrogens is 299 g/mol. The highest BCUT2D eigenvalue weighted by molar-refractivity contribution is 5.55. The van der Waals surface area contributed by atoms with Crippen molar-refractivity contribution in [2.24, 2.45) is 0 Å². The van der Waals surface area contributed by atoms with Gasteiger partial charge in [0, 0.05) is 31.7 Å². The minimum atomic E-state index is -4.62. The van der Waals surface area contributed by atoms with Crippen LogP contribution in [0.25, 0.3) is 0 Å². The van der Waals surface area contributed by atoms with Crippen LogP contribution in [0.5, 0.6) is 11.5 Å². The Balaban J connectivity index is 2.58. The molecule has 0 unspecified atom stereocenters. The summed E-state index contributed by atoms with van der Waals surface area (Å²) in [6, 6.07) is 2.19. The number of benzene rings is 1. The highest BCUT2D eigenvalue weighted by Crippen LogP contribution is 2.45. The van der Waals surface area contributed by atoms with E-state index in [2.05, 4.69) is 5.32 Å². The number of methoxy groups -OCH3 is 1. The Morgan fingerprint density at radius 3 is 2.50 bits per heavy atom. The normalized spacial score (nSPS) is 17.8. The number of halogens is 3. The van der Waals surface area contributed by atoms with Crippen molar-refractivity contribution >= 4 is 0 Å². The Hall–Kier alpha value is -1.98. The van der Waals surface area contributed by atoms with Gasteiger partial charge in [-0.05, 0) is 12.1 Å². The molecule has 1 atom stereocenters. The van der Waals surface area contributed by atoms with Crippen LogP contribution in [0.4, 0.5) is 13.2 Å². The summed E-state index contributed by atoms with van der Waals surface area (Å²) in [6.07, 6.45) is -4.62. The van der Waals surface area contributed by atoms with Crippen LogP contribution in [0.1, 0.15) is 17.2 Å². The maximum Gasteiger partial charge on any atom is 0.408 e. The summed E-state index contributed by atoms with van der Waals surface area (Å²) >= 11 is 0. The van der Waals surface area contributed by atoms with Crippen molar-refractivity contribution in [2.75, 3.05) is 33.3 Å². The highest BCUT2D eigenvalue weighted by atomic mass is 19.4. The molecule has 5 nitrogen and oxygen atoms in total. The molecule has 8 heteroatoms. The summed E-state index contributed by atoms with van der Waals surface area (Å²) in [5, 5.41) is 22.2. The number of rotatable bonds is 3. The zero-order valence-corrected chi connectivity index (χ0v) is 11.9. The number of alkyl halides is 3. The lowest BCUT2D eigenvalue weighted by Gasteiger charge is -2.36. The summed E-state index contributed by atoms with van der Waals surface area (Å²) < 4.78 is 45.7. The van der Waals surface area contributed by atoms with Gasteiger partial charge in [0.15, 0.2) is 11.5 Å². The van der Waals surface area contributed by atoms with E-state index < -0.39 is 23.5 Å². The molecule has 1 aromatic rings. The topological polar surface area (TPSA) is 68.5 Å². The zero-order valence-electron chi connectivity index (χ0n) is 11.9. The second-order valence-electron chi connectivity index (χ2n) is 4.92. The van der Waals surface area contributed by atoms with Gasteiger partial charge in [0.25, 0.3) is 0 Å². The number of phenols is 1. The van der Waals surface area contributed by atoms with Gasteiger partial charge in [0.05, 0.1) is 18.7 Å². The zero-order chi connectivity index (χ0) is 16.3. The number of nitrogens with one attached hydrogen (secondary N) is 1. The molecule has 1 aliphatic rings. The Kier molecular flexibility index (Phi) is 4.78. The Bertz CT molecular complexity index is 578. The molecule has 120 valence electrons. The predicted molar refractivity (Wildman–Crippen MR) is 72.6 cm³/mol. The van der Waals surface area contributed by atoms with Crippen molar-refractivity contribution in [3.63, 3.8) is 0 Å². The molecule has 0 saturated carbocycles. The quantitative estimate of drug-likeness (QED) is 0.890. The first kappa shape index (κ1) is 16.4. The third-order valence-corrected chi connectivity index (χ3v) is 3.62. The molecule has 1 aromatic carbocycles. The number of aromatic hydroxyl groups is 1. The van der Waals surface area contributed by atoms with E-state index in [9.17, 15) is 18.3 Å². The molecule has 1 aliphatic heterocycles. The average molecular weight is 315 g/mol. The van der Waals surface area contributed by atoms with Crippen LogP contribution in [-0.4, -0.2) is 49.5 Å². The fourth-order valence-corrected chi connectivity index (χ4v) is 2.62. The predicted octanol–water partition coefficient (Wildman–Crippen LogP) is 1.78. The molecule has 1 fully saturated rings. The Morgan fingerprint density at radius 1 is 1.36 bits per heavy atom. The summed E-state index contributed by atoms with van der Waals surface area (Å²) in [5.41, 5.74) is -0.657. The smallest absolute Gasteiger partial charge is 0.408 e. The lowest BCUT2D eigenvalue weighted by atomic mass is 9.96. The van der Waals surface area contributed by atoms with E-state index in [1.807, 2.05) is 0 Å². The molecule has 2 rings (SSSR count). The highest BCUT2D eigenvalue weighted by Gasteiger charge is 2.47. The van der Waals surface area contributed by atoms with Gasteiger partial charge >= 0.3 is 6.18 Å². The molecule has 22 heavy (non-hydrogen) atoms. The van der Waals surface area contributed by atoms with Crippen LogP contribution >= 0.6 is 0 Å². The molecule has 1 heterocycles. The van der Waals surface area contributed by atoms with E-state index in [4.69, 9.17) is 10.00 Å². The molecule has 2 N–H and O–H groups in total. The molecule has 1 saturated heterocycles. The van der Waals surface area contributed by atoms with E-state index in [1.165, 1.54) is 24.1 Å². The van der Waals surface area contributed by atoms with Crippen LogP contribution in [-0.2, 0) is 0 Å². The standard InChI is InChI=1S/C14H16F3N3O2/c1-22-10-3-2-9(8-18)11(12(10)21)13(14(15,16)17)20-6-4-19-5-7-20/h2-3,13,19,21H,4-7H2,1H3/t13-/m1/s1. The maximum absolute atomic E-state index is 13.6. The van der Waals surface area contributed by atoms with Crippen LogP contribution in [0.3, 0.4) is 0 Å². The Labute approximate surface area is 125 Å². The summed E-state index contributed by atoms with van der Waals surface area (Å²) in [4.78, 5) is 1.21. The van der Waals surface area contributed by atoms with E-state index in [-0.39, 0.29) is 24.4 Å². The van der Waals surface area contributed by atoms with Crippen molar-refractivity contribution in [3.8, 4) is 17.6 Å².